The molecule has 0 N–H and O–H groups in total. The molecule has 2 atom stereocenters. The van der Waals surface area contributed by atoms with E-state index in [-0.39, 0.29) is 11.6 Å². The number of anilines is 6. The molecule has 0 saturated carbocycles. The maximum absolute atomic E-state index is 14.9. The Balaban J connectivity index is 0.861. The fourth-order valence-corrected chi connectivity index (χ4v) is 14.2. The third-order valence-corrected chi connectivity index (χ3v) is 18.2. The van der Waals surface area contributed by atoms with E-state index >= 15 is 0 Å². The van der Waals surface area contributed by atoms with Gasteiger partial charge in [0.1, 0.15) is 36.3 Å². The molecular formula is C84H66F2N2O2. The van der Waals surface area contributed by atoms with E-state index in [9.17, 15) is 8.78 Å². The van der Waals surface area contributed by atoms with Crippen LogP contribution in [0.4, 0.5) is 42.9 Å². The van der Waals surface area contributed by atoms with Gasteiger partial charge in [-0.25, -0.2) is 8.78 Å². The molecule has 0 radical (unpaired) electrons. The van der Waals surface area contributed by atoms with Gasteiger partial charge in [-0.3, -0.25) is 0 Å². The summed E-state index contributed by atoms with van der Waals surface area (Å²) >= 11 is 0. The number of aryl methyl sites for hydroxylation is 4. The predicted molar refractivity (Wildman–Crippen MR) is 366 cm³/mol. The minimum absolute atomic E-state index is 0.307. The average Bonchev–Trinajstić information content (AvgIpc) is 1.52. The summed E-state index contributed by atoms with van der Waals surface area (Å²) in [5, 5.41) is 0. The Morgan fingerprint density at radius 3 is 1.03 bits per heavy atom. The summed E-state index contributed by atoms with van der Waals surface area (Å²) in [7, 11) is 0. The Morgan fingerprint density at radius 2 is 0.667 bits per heavy atom. The van der Waals surface area contributed by atoms with Crippen LogP contribution in [0, 0.1) is 39.3 Å². The van der Waals surface area contributed by atoms with Gasteiger partial charge in [0.25, 0.3) is 0 Å². The normalized spacial score (nSPS) is 15.0. The van der Waals surface area contributed by atoms with Crippen molar-refractivity contribution in [1.29, 1.82) is 0 Å². The highest BCUT2D eigenvalue weighted by molar-refractivity contribution is 5.92. The van der Waals surface area contributed by atoms with E-state index in [1.165, 1.54) is 79.9 Å². The smallest absolute Gasteiger partial charge is 0.123 e. The first-order chi connectivity index (χ1) is 44.0. The zero-order valence-corrected chi connectivity index (χ0v) is 50.9. The van der Waals surface area contributed by atoms with Crippen LogP contribution in [0.2, 0.25) is 0 Å². The zero-order chi connectivity index (χ0) is 61.7. The molecule has 2 aliphatic carbocycles. The highest BCUT2D eigenvalue weighted by Gasteiger charge is 2.49. The molecule has 0 aromatic heterocycles. The molecule has 2 unspecified atom stereocenters. The molecule has 14 rings (SSSR count). The van der Waals surface area contributed by atoms with E-state index in [1.54, 1.807) is 12.2 Å². The summed E-state index contributed by atoms with van der Waals surface area (Å²) in [5.74, 6) is 0.935. The molecule has 0 aliphatic heterocycles. The van der Waals surface area contributed by atoms with Gasteiger partial charge in [0.2, 0.25) is 0 Å². The average molecular weight is 1170 g/mol. The minimum atomic E-state index is -0.697. The standard InChI is InChI=1S/C84H66F2N2O2/c1-7-49-89-71-43-25-61(26-44-71)83(79-51-55(3)17-19-57(79)5)77-15-11-9-13-73(77)75-47-41-69(53-81(75)83)87(67-37-29-63(85)30-38-67)65-33-21-59(22-34-65)60-23-35-66(36-24-60)88(68-39-31-64(86)32-40-68)70-42-48-76-74-14-10-12-16-78(74)84(82(76)54-70,80-52-56(4)18-20-58(80)6)62-27-45-72(46-28-62)90-50-8-2/h7-48,51-54H,1-2,49-50H2,3-6H3. The molecule has 0 heterocycles. The second-order valence-corrected chi connectivity index (χ2v) is 23.7. The summed E-state index contributed by atoms with van der Waals surface area (Å²) in [5.41, 5.74) is 24.7. The number of fused-ring (bicyclic) bond motifs is 6. The minimum Gasteiger partial charge on any atom is -0.490 e. The number of nitrogens with zero attached hydrogens (tertiary/aromatic N) is 2. The number of hydrogen-bond donors (Lipinski definition) is 0. The van der Waals surface area contributed by atoms with Crippen LogP contribution < -0.4 is 19.3 Å². The van der Waals surface area contributed by atoms with E-state index in [4.69, 9.17) is 9.47 Å². The summed E-state index contributed by atoms with van der Waals surface area (Å²) in [6.07, 6.45) is 3.52. The topological polar surface area (TPSA) is 24.9 Å². The first-order valence-electron chi connectivity index (χ1n) is 30.6. The van der Waals surface area contributed by atoms with Gasteiger partial charge >= 0.3 is 0 Å². The van der Waals surface area contributed by atoms with Gasteiger partial charge in [0.15, 0.2) is 0 Å². The van der Waals surface area contributed by atoms with Crippen molar-refractivity contribution in [3.63, 3.8) is 0 Å². The Kier molecular flexibility index (Phi) is 14.8. The van der Waals surface area contributed by atoms with Crippen LogP contribution in [0.25, 0.3) is 33.4 Å². The molecule has 0 amide bonds. The highest BCUT2D eigenvalue weighted by Crippen LogP contribution is 2.60. The van der Waals surface area contributed by atoms with E-state index in [0.29, 0.717) is 13.2 Å². The molecule has 0 bridgehead atoms. The fraction of sp³-hybridized carbons (Fsp3) is 0.0952. The first kappa shape index (κ1) is 57.0. The van der Waals surface area contributed by atoms with Gasteiger partial charge in [-0.1, -0.05) is 182 Å². The Hall–Kier alpha value is -10.8. The number of hydrogen-bond acceptors (Lipinski definition) is 4. The zero-order valence-electron chi connectivity index (χ0n) is 50.9. The maximum Gasteiger partial charge on any atom is 0.123 e. The second kappa shape index (κ2) is 23.4. The second-order valence-electron chi connectivity index (χ2n) is 23.7. The molecular weight excluding hydrogens is 1110 g/mol. The van der Waals surface area contributed by atoms with Gasteiger partial charge in [0.05, 0.1) is 10.8 Å². The molecule has 438 valence electrons. The molecule has 2 aliphatic rings. The van der Waals surface area contributed by atoms with Gasteiger partial charge in [-0.05, 0) is 238 Å². The SMILES string of the molecule is C=CCOc1ccc(C2(c3cc(C)ccc3C)c3ccccc3-c3ccc(N(c4ccc(F)cc4)c4ccc(-c5ccc(N(c6ccc(F)cc6)c6ccc7c(c6)C(c6ccc(OCC=C)cc6)(c6cc(C)ccc6C)c6ccccc6-7)cc5)cc4)cc32)cc1. The maximum atomic E-state index is 14.9. The van der Waals surface area contributed by atoms with Crippen molar-refractivity contribution in [1.82, 2.24) is 0 Å². The van der Waals surface area contributed by atoms with Crippen LogP contribution in [0.5, 0.6) is 11.5 Å². The first-order valence-corrected chi connectivity index (χ1v) is 30.6. The lowest BCUT2D eigenvalue weighted by Gasteiger charge is -2.36. The third kappa shape index (κ3) is 9.67. The molecule has 90 heavy (non-hydrogen) atoms. The van der Waals surface area contributed by atoms with Crippen molar-refractivity contribution in [3.05, 3.63) is 371 Å². The Morgan fingerprint density at radius 1 is 0.333 bits per heavy atom. The lowest BCUT2D eigenvalue weighted by molar-refractivity contribution is 0.363. The lowest BCUT2D eigenvalue weighted by atomic mass is 9.66. The van der Waals surface area contributed by atoms with Gasteiger partial charge < -0.3 is 19.3 Å². The molecule has 0 fully saturated rings. The van der Waals surface area contributed by atoms with Gasteiger partial charge in [0, 0.05) is 34.1 Å². The Bertz CT molecular complexity index is 4390. The van der Waals surface area contributed by atoms with Crippen LogP contribution in [0.1, 0.15) is 66.8 Å². The van der Waals surface area contributed by atoms with Crippen molar-refractivity contribution in [2.24, 2.45) is 0 Å². The lowest BCUT2D eigenvalue weighted by Crippen LogP contribution is -2.30. The van der Waals surface area contributed by atoms with Crippen molar-refractivity contribution < 1.29 is 18.3 Å². The van der Waals surface area contributed by atoms with Crippen LogP contribution in [0.3, 0.4) is 0 Å². The fourth-order valence-electron chi connectivity index (χ4n) is 14.2. The van der Waals surface area contributed by atoms with Crippen molar-refractivity contribution >= 4 is 34.1 Å². The number of halogens is 2. The molecule has 4 nitrogen and oxygen atoms in total. The monoisotopic (exact) mass is 1170 g/mol. The van der Waals surface area contributed by atoms with Crippen molar-refractivity contribution in [2.75, 3.05) is 23.0 Å². The van der Waals surface area contributed by atoms with Crippen molar-refractivity contribution in [2.45, 2.75) is 38.5 Å². The summed E-state index contributed by atoms with van der Waals surface area (Å²) in [4.78, 5) is 4.43. The van der Waals surface area contributed by atoms with Crippen LogP contribution >= 0.6 is 0 Å². The van der Waals surface area contributed by atoms with Gasteiger partial charge in [-0.15, -0.1) is 0 Å². The van der Waals surface area contributed by atoms with Crippen LogP contribution in [-0.2, 0) is 10.8 Å². The number of rotatable bonds is 17. The van der Waals surface area contributed by atoms with Gasteiger partial charge in [-0.2, -0.15) is 0 Å². The van der Waals surface area contributed by atoms with Crippen molar-refractivity contribution in [3.8, 4) is 44.9 Å². The summed E-state index contributed by atoms with van der Waals surface area (Å²) < 4.78 is 41.9. The largest absolute Gasteiger partial charge is 0.490 e. The number of benzene rings is 12. The third-order valence-electron chi connectivity index (χ3n) is 18.2. The molecule has 0 spiro atoms. The Labute approximate surface area is 526 Å². The molecule has 6 heteroatoms. The molecule has 12 aromatic carbocycles. The van der Waals surface area contributed by atoms with E-state index < -0.39 is 10.8 Å². The summed E-state index contributed by atoms with van der Waals surface area (Å²) in [6, 6.07) is 92.3. The van der Waals surface area contributed by atoms with E-state index in [0.717, 1.165) is 90.1 Å². The predicted octanol–water partition coefficient (Wildman–Crippen LogP) is 21.7. The van der Waals surface area contributed by atoms with E-state index in [1.807, 2.05) is 24.3 Å². The molecule has 12 aromatic rings. The van der Waals surface area contributed by atoms with Crippen LogP contribution in [-0.4, -0.2) is 13.2 Å². The summed E-state index contributed by atoms with van der Waals surface area (Å²) in [6.45, 7) is 17.3. The highest BCUT2D eigenvalue weighted by atomic mass is 19.1. The quantitative estimate of drug-likeness (QED) is 0.0849. The van der Waals surface area contributed by atoms with E-state index in [2.05, 4.69) is 269 Å². The number of ether oxygens (including phenoxy) is 2. The van der Waals surface area contributed by atoms with Crippen LogP contribution in [0.15, 0.2) is 292 Å². The molecule has 0 saturated heterocycles.